The topological polar surface area (TPSA) is 84.1 Å². The number of ether oxygens (including phenoxy) is 1. The van der Waals surface area contributed by atoms with Crippen LogP contribution in [0.15, 0.2) is 47.8 Å². The summed E-state index contributed by atoms with van der Waals surface area (Å²) < 4.78 is 4.73. The molecule has 26 heavy (non-hydrogen) atoms. The van der Waals surface area contributed by atoms with E-state index in [2.05, 4.69) is 15.5 Å². The van der Waals surface area contributed by atoms with Crippen LogP contribution in [0.5, 0.6) is 0 Å². The van der Waals surface area contributed by atoms with Gasteiger partial charge in [0.2, 0.25) is 0 Å². The summed E-state index contributed by atoms with van der Waals surface area (Å²) in [5.41, 5.74) is 1.76. The SMILES string of the molecule is COC(=O)CC(NC(=O)c1cc(-c2cccs2)[nH]n1)c1ccc(Cl)cc1. The molecule has 0 bridgehead atoms. The molecule has 0 fully saturated rings. The molecule has 2 N–H and O–H groups in total. The van der Waals surface area contributed by atoms with Crippen molar-refractivity contribution < 1.29 is 14.3 Å². The van der Waals surface area contributed by atoms with E-state index in [4.69, 9.17) is 16.3 Å². The first-order chi connectivity index (χ1) is 12.6. The number of methoxy groups -OCH3 is 1. The van der Waals surface area contributed by atoms with Crippen molar-refractivity contribution in [3.8, 4) is 10.6 Å². The monoisotopic (exact) mass is 389 g/mol. The molecule has 2 aromatic heterocycles. The third kappa shape index (κ3) is 4.30. The summed E-state index contributed by atoms with van der Waals surface area (Å²) in [6.45, 7) is 0. The lowest BCUT2D eigenvalue weighted by atomic mass is 10.0. The number of carbonyl (C=O) groups excluding carboxylic acids is 2. The summed E-state index contributed by atoms with van der Waals surface area (Å²) in [5, 5.41) is 12.3. The van der Waals surface area contributed by atoms with E-state index in [0.717, 1.165) is 16.1 Å². The fourth-order valence-corrected chi connectivity index (χ4v) is 3.24. The average Bonchev–Trinajstić information content (AvgIpc) is 3.33. The average molecular weight is 390 g/mol. The van der Waals surface area contributed by atoms with Gasteiger partial charge in [-0.05, 0) is 35.2 Å². The highest BCUT2D eigenvalue weighted by atomic mass is 35.5. The Hall–Kier alpha value is -2.64. The highest BCUT2D eigenvalue weighted by Gasteiger charge is 2.21. The van der Waals surface area contributed by atoms with Gasteiger partial charge in [0.05, 0.1) is 30.1 Å². The number of esters is 1. The van der Waals surface area contributed by atoms with Gasteiger partial charge in [0.15, 0.2) is 5.69 Å². The van der Waals surface area contributed by atoms with Crippen molar-refractivity contribution in [3.05, 3.63) is 64.1 Å². The summed E-state index contributed by atoms with van der Waals surface area (Å²) in [6, 6.07) is 11.9. The number of nitrogens with zero attached hydrogens (tertiary/aromatic N) is 1. The second kappa shape index (κ2) is 8.16. The van der Waals surface area contributed by atoms with Crippen LogP contribution in [0.25, 0.3) is 10.6 Å². The van der Waals surface area contributed by atoms with Crippen molar-refractivity contribution >= 4 is 34.8 Å². The number of H-pyrrole nitrogens is 1. The number of hydrogen-bond acceptors (Lipinski definition) is 5. The van der Waals surface area contributed by atoms with Gasteiger partial charge >= 0.3 is 5.97 Å². The molecule has 0 spiro atoms. The van der Waals surface area contributed by atoms with Crippen molar-refractivity contribution in [1.82, 2.24) is 15.5 Å². The standard InChI is InChI=1S/C18H16ClN3O3S/c1-25-17(23)10-13(11-4-6-12(19)7-5-11)20-18(24)15-9-14(21-22-15)16-3-2-8-26-16/h2-9,13H,10H2,1H3,(H,20,24)(H,21,22). The van der Waals surface area contributed by atoms with Crippen molar-refractivity contribution in [2.75, 3.05) is 7.11 Å². The van der Waals surface area contributed by atoms with Crippen LogP contribution in [-0.4, -0.2) is 29.2 Å². The van der Waals surface area contributed by atoms with Crippen LogP contribution in [0.2, 0.25) is 5.02 Å². The third-order valence-electron chi connectivity index (χ3n) is 3.77. The van der Waals surface area contributed by atoms with Gasteiger partial charge in [0.1, 0.15) is 0 Å². The van der Waals surface area contributed by atoms with E-state index in [1.54, 1.807) is 41.7 Å². The summed E-state index contributed by atoms with van der Waals surface area (Å²) in [5.74, 6) is -0.806. The molecule has 1 amide bonds. The lowest BCUT2D eigenvalue weighted by Crippen LogP contribution is -2.30. The number of hydrogen-bond donors (Lipinski definition) is 2. The van der Waals surface area contributed by atoms with Crippen LogP contribution in [0.4, 0.5) is 0 Å². The second-order valence-electron chi connectivity index (χ2n) is 5.50. The van der Waals surface area contributed by atoms with Gasteiger partial charge in [-0.15, -0.1) is 11.3 Å². The van der Waals surface area contributed by atoms with Gasteiger partial charge < -0.3 is 10.1 Å². The highest BCUT2D eigenvalue weighted by Crippen LogP contribution is 2.24. The molecule has 1 atom stereocenters. The minimum Gasteiger partial charge on any atom is -0.469 e. The minimum absolute atomic E-state index is 0.00603. The first-order valence-corrected chi connectivity index (χ1v) is 9.05. The lowest BCUT2D eigenvalue weighted by molar-refractivity contribution is -0.141. The van der Waals surface area contributed by atoms with Crippen LogP contribution in [0.3, 0.4) is 0 Å². The van der Waals surface area contributed by atoms with E-state index >= 15 is 0 Å². The molecule has 1 unspecified atom stereocenters. The number of halogens is 1. The van der Waals surface area contributed by atoms with Crippen molar-refractivity contribution in [1.29, 1.82) is 0 Å². The molecule has 0 radical (unpaired) electrons. The summed E-state index contributed by atoms with van der Waals surface area (Å²) in [6.07, 6.45) is 0.00603. The molecule has 0 saturated carbocycles. The van der Waals surface area contributed by atoms with Gasteiger partial charge in [-0.1, -0.05) is 29.8 Å². The molecular weight excluding hydrogens is 374 g/mol. The fraction of sp³-hybridized carbons (Fsp3) is 0.167. The summed E-state index contributed by atoms with van der Waals surface area (Å²) in [4.78, 5) is 25.3. The fourth-order valence-electron chi connectivity index (χ4n) is 2.43. The zero-order chi connectivity index (χ0) is 18.5. The molecule has 3 rings (SSSR count). The maximum Gasteiger partial charge on any atom is 0.307 e. The Morgan fingerprint density at radius 2 is 2.08 bits per heavy atom. The largest absolute Gasteiger partial charge is 0.469 e. The number of carbonyl (C=O) groups is 2. The van der Waals surface area contributed by atoms with Gasteiger partial charge in [0.25, 0.3) is 5.91 Å². The molecule has 2 heterocycles. The van der Waals surface area contributed by atoms with Crippen LogP contribution in [0, 0.1) is 0 Å². The van der Waals surface area contributed by atoms with Crippen LogP contribution in [-0.2, 0) is 9.53 Å². The van der Waals surface area contributed by atoms with Crippen LogP contribution in [0.1, 0.15) is 28.5 Å². The molecule has 6 nitrogen and oxygen atoms in total. The number of nitrogens with one attached hydrogen (secondary N) is 2. The molecule has 0 aliphatic carbocycles. The van der Waals surface area contributed by atoms with Crippen molar-refractivity contribution in [2.24, 2.45) is 0 Å². The van der Waals surface area contributed by atoms with Gasteiger partial charge in [-0.3, -0.25) is 14.7 Å². The van der Waals surface area contributed by atoms with E-state index < -0.39 is 12.0 Å². The molecule has 134 valence electrons. The number of amides is 1. The van der Waals surface area contributed by atoms with Gasteiger partial charge in [-0.2, -0.15) is 5.10 Å². The molecule has 8 heteroatoms. The Morgan fingerprint density at radius 1 is 1.31 bits per heavy atom. The normalized spacial score (nSPS) is 11.8. The Kier molecular flexibility index (Phi) is 5.70. The number of thiophene rings is 1. The zero-order valence-corrected chi connectivity index (χ0v) is 15.4. The Balaban J connectivity index is 1.78. The molecule has 1 aromatic carbocycles. The predicted octanol–water partition coefficient (Wildman–Crippen LogP) is 3.83. The van der Waals surface area contributed by atoms with E-state index in [0.29, 0.717) is 5.02 Å². The van der Waals surface area contributed by atoms with Crippen molar-refractivity contribution in [2.45, 2.75) is 12.5 Å². The first-order valence-electron chi connectivity index (χ1n) is 7.79. The smallest absolute Gasteiger partial charge is 0.307 e. The van der Waals surface area contributed by atoms with E-state index in [-0.39, 0.29) is 18.0 Å². The van der Waals surface area contributed by atoms with E-state index in [1.165, 1.54) is 7.11 Å². The predicted molar refractivity (Wildman–Crippen MR) is 100 cm³/mol. The zero-order valence-electron chi connectivity index (χ0n) is 13.9. The van der Waals surface area contributed by atoms with Crippen LogP contribution < -0.4 is 5.32 Å². The Bertz CT molecular complexity index is 891. The van der Waals surface area contributed by atoms with Gasteiger partial charge in [-0.25, -0.2) is 0 Å². The maximum atomic E-state index is 12.6. The van der Waals surface area contributed by atoms with E-state index in [9.17, 15) is 9.59 Å². The molecule has 0 aliphatic rings. The van der Waals surface area contributed by atoms with Gasteiger partial charge in [0, 0.05) is 5.02 Å². The first kappa shape index (κ1) is 18.2. The summed E-state index contributed by atoms with van der Waals surface area (Å²) in [7, 11) is 1.31. The Labute approximate surface area is 159 Å². The third-order valence-corrected chi connectivity index (χ3v) is 4.93. The maximum absolute atomic E-state index is 12.6. The number of rotatable bonds is 6. The lowest BCUT2D eigenvalue weighted by Gasteiger charge is -2.17. The number of benzene rings is 1. The van der Waals surface area contributed by atoms with Crippen LogP contribution >= 0.6 is 22.9 Å². The summed E-state index contributed by atoms with van der Waals surface area (Å²) >= 11 is 7.46. The van der Waals surface area contributed by atoms with E-state index in [1.807, 2.05) is 17.5 Å². The molecule has 3 aromatic rings. The highest BCUT2D eigenvalue weighted by molar-refractivity contribution is 7.13. The number of aromatic amines is 1. The molecule has 0 aliphatic heterocycles. The molecular formula is C18H16ClN3O3S. The second-order valence-corrected chi connectivity index (χ2v) is 6.89. The minimum atomic E-state index is -0.547. The quantitative estimate of drug-likeness (QED) is 0.627. The van der Waals surface area contributed by atoms with Crippen molar-refractivity contribution in [3.63, 3.8) is 0 Å². The molecule has 0 saturated heterocycles. The number of aromatic nitrogens is 2. The Morgan fingerprint density at radius 3 is 2.73 bits per heavy atom.